The van der Waals surface area contributed by atoms with Gasteiger partial charge in [0.25, 0.3) is 0 Å². The Morgan fingerprint density at radius 2 is 1.56 bits per heavy atom. The van der Waals surface area contributed by atoms with Crippen molar-refractivity contribution in [2.24, 2.45) is 0 Å². The molecule has 1 aromatic heterocycles. The first-order valence-corrected chi connectivity index (χ1v) is 8.17. The van der Waals surface area contributed by atoms with Crippen LogP contribution in [0.3, 0.4) is 0 Å². The lowest BCUT2D eigenvalue weighted by Gasteiger charge is -2.12. The van der Waals surface area contributed by atoms with E-state index in [0.29, 0.717) is 45.3 Å². The highest BCUT2D eigenvalue weighted by Gasteiger charge is 2.21. The maximum Gasteiger partial charge on any atom is 0.339 e. The second kappa shape index (κ2) is 8.44. The number of aryl methyl sites for hydroxylation is 1. The summed E-state index contributed by atoms with van der Waals surface area (Å²) in [7, 11) is 5.87. The lowest BCUT2D eigenvalue weighted by molar-refractivity contribution is 0.0599. The molecule has 0 fully saturated rings. The van der Waals surface area contributed by atoms with E-state index in [1.807, 2.05) is 0 Å². The quantitative estimate of drug-likeness (QED) is 0.455. The molecule has 2 aromatic rings. The number of H-pyrrole nitrogens is 1. The molecule has 0 aliphatic rings. The number of aromatic nitrogens is 1. The number of nitrogens with one attached hydrogen (secondary N) is 1. The average Bonchev–Trinajstić information content (AvgIpc) is 2.98. The maximum absolute atomic E-state index is 12.6. The molecule has 0 aliphatic carbocycles. The Hall–Kier alpha value is -3.22. The summed E-state index contributed by atoms with van der Waals surface area (Å²) in [5.41, 5.74) is 2.56. The van der Waals surface area contributed by atoms with E-state index in [2.05, 4.69) is 4.98 Å². The Bertz CT molecular complexity index is 869. The highest BCUT2D eigenvalue weighted by molar-refractivity contribution is 6.08. The van der Waals surface area contributed by atoms with E-state index in [0.717, 1.165) is 0 Å². The van der Waals surface area contributed by atoms with Crippen LogP contribution in [0.5, 0.6) is 17.2 Å². The van der Waals surface area contributed by atoms with Gasteiger partial charge in [-0.2, -0.15) is 0 Å². The third kappa shape index (κ3) is 3.97. The third-order valence-corrected chi connectivity index (χ3v) is 4.19. The number of aromatic amines is 1. The van der Waals surface area contributed by atoms with Crippen LogP contribution >= 0.6 is 0 Å². The molecule has 1 aromatic carbocycles. The van der Waals surface area contributed by atoms with Crippen molar-refractivity contribution in [3.05, 3.63) is 46.3 Å². The molecule has 2 rings (SSSR count). The first kappa shape index (κ1) is 20.1. The van der Waals surface area contributed by atoms with Crippen LogP contribution in [-0.2, 0) is 4.74 Å². The number of hydrogen-bond acceptors (Lipinski definition) is 6. The molecule has 0 unspecified atom stereocenters. The van der Waals surface area contributed by atoms with Crippen LogP contribution in [0, 0.1) is 13.8 Å². The van der Waals surface area contributed by atoms with Crippen molar-refractivity contribution in [2.45, 2.75) is 13.8 Å². The second-order valence-electron chi connectivity index (χ2n) is 5.77. The Morgan fingerprint density at radius 3 is 2.04 bits per heavy atom. The number of ketones is 1. The van der Waals surface area contributed by atoms with E-state index in [1.165, 1.54) is 34.5 Å². The Balaban J connectivity index is 2.36. The molecule has 0 spiro atoms. The summed E-state index contributed by atoms with van der Waals surface area (Å²) in [6, 6.07) is 3.47. The fraction of sp³-hybridized carbons (Fsp3) is 0.300. The van der Waals surface area contributed by atoms with Crippen LogP contribution in [0.4, 0.5) is 0 Å². The largest absolute Gasteiger partial charge is 0.493 e. The molecule has 7 heteroatoms. The summed E-state index contributed by atoms with van der Waals surface area (Å²) >= 11 is 0. The minimum atomic E-state index is -0.478. The molecular weight excluding hydrogens is 350 g/mol. The number of esters is 1. The fourth-order valence-corrected chi connectivity index (χ4v) is 2.86. The van der Waals surface area contributed by atoms with E-state index in [4.69, 9.17) is 18.9 Å². The zero-order valence-electron chi connectivity index (χ0n) is 16.3. The van der Waals surface area contributed by atoms with Gasteiger partial charge < -0.3 is 23.9 Å². The smallest absolute Gasteiger partial charge is 0.339 e. The summed E-state index contributed by atoms with van der Waals surface area (Å²) in [5.74, 6) is 0.711. The summed E-state index contributed by atoms with van der Waals surface area (Å²) in [6.07, 6.45) is 3.06. The van der Waals surface area contributed by atoms with Gasteiger partial charge in [0.05, 0.1) is 39.7 Å². The lowest BCUT2D eigenvalue weighted by atomic mass is 10.1. The van der Waals surface area contributed by atoms with Crippen molar-refractivity contribution in [1.29, 1.82) is 0 Å². The number of ether oxygens (including phenoxy) is 4. The number of benzene rings is 1. The standard InChI is InChI=1S/C20H23NO6/c1-11-17(20(23)27-6)12(2)21-18(11)14(22)8-7-13-9-15(24-3)19(26-5)16(10-13)25-4/h7-10,21H,1-6H3/b8-7+. The van der Waals surface area contributed by atoms with Crippen molar-refractivity contribution >= 4 is 17.8 Å². The van der Waals surface area contributed by atoms with Crippen LogP contribution in [0.1, 0.15) is 37.7 Å². The third-order valence-electron chi connectivity index (χ3n) is 4.19. The second-order valence-corrected chi connectivity index (χ2v) is 5.77. The predicted octanol–water partition coefficient (Wildman–Crippen LogP) is 3.34. The summed E-state index contributed by atoms with van der Waals surface area (Å²) in [4.78, 5) is 27.4. The predicted molar refractivity (Wildman–Crippen MR) is 101 cm³/mol. The number of carbonyl (C=O) groups is 2. The first-order chi connectivity index (χ1) is 12.9. The number of allylic oxidation sites excluding steroid dienone is 1. The molecule has 144 valence electrons. The van der Waals surface area contributed by atoms with Gasteiger partial charge in [-0.15, -0.1) is 0 Å². The highest BCUT2D eigenvalue weighted by atomic mass is 16.5. The molecule has 0 amide bonds. The van der Waals surface area contributed by atoms with Crippen LogP contribution in [0.2, 0.25) is 0 Å². The van der Waals surface area contributed by atoms with Gasteiger partial charge in [0.1, 0.15) is 0 Å². The van der Waals surface area contributed by atoms with Crippen molar-refractivity contribution in [3.8, 4) is 17.2 Å². The molecule has 0 aliphatic heterocycles. The molecule has 1 heterocycles. The van der Waals surface area contributed by atoms with Gasteiger partial charge >= 0.3 is 5.97 Å². The zero-order valence-corrected chi connectivity index (χ0v) is 16.3. The van der Waals surface area contributed by atoms with Gasteiger partial charge in [0, 0.05) is 5.69 Å². The normalized spacial score (nSPS) is 10.7. The van der Waals surface area contributed by atoms with E-state index >= 15 is 0 Å². The Kier molecular flexibility index (Phi) is 6.28. The number of methoxy groups -OCH3 is 4. The lowest BCUT2D eigenvalue weighted by Crippen LogP contribution is -2.04. The molecular formula is C20H23NO6. The van der Waals surface area contributed by atoms with E-state index in [1.54, 1.807) is 32.1 Å². The molecule has 1 N–H and O–H groups in total. The van der Waals surface area contributed by atoms with Crippen molar-refractivity contribution in [3.63, 3.8) is 0 Å². The van der Waals surface area contributed by atoms with E-state index < -0.39 is 5.97 Å². The summed E-state index contributed by atoms with van der Waals surface area (Å²) < 4.78 is 20.7. The molecule has 0 bridgehead atoms. The SMILES string of the molecule is COC(=O)c1c(C)[nH]c(C(=O)/C=C/c2cc(OC)c(OC)c(OC)c2)c1C. The number of carbonyl (C=O) groups excluding carboxylic acids is 2. The Labute approximate surface area is 157 Å². The first-order valence-electron chi connectivity index (χ1n) is 8.17. The van der Waals surface area contributed by atoms with Gasteiger partial charge in [-0.05, 0) is 43.2 Å². The number of rotatable bonds is 7. The van der Waals surface area contributed by atoms with Gasteiger partial charge in [-0.25, -0.2) is 4.79 Å². The maximum atomic E-state index is 12.6. The van der Waals surface area contributed by atoms with Gasteiger partial charge in [0.2, 0.25) is 11.5 Å². The van der Waals surface area contributed by atoms with Crippen molar-refractivity contribution < 1.29 is 28.5 Å². The fourth-order valence-electron chi connectivity index (χ4n) is 2.86. The Morgan fingerprint density at radius 1 is 0.963 bits per heavy atom. The summed E-state index contributed by atoms with van der Waals surface area (Å²) in [6.45, 7) is 3.43. The van der Waals surface area contributed by atoms with Crippen LogP contribution in [0.25, 0.3) is 6.08 Å². The van der Waals surface area contributed by atoms with Gasteiger partial charge in [-0.3, -0.25) is 4.79 Å². The summed E-state index contributed by atoms with van der Waals surface area (Å²) in [5, 5.41) is 0. The molecule has 0 radical (unpaired) electrons. The highest BCUT2D eigenvalue weighted by Crippen LogP contribution is 2.38. The van der Waals surface area contributed by atoms with Crippen LogP contribution in [0.15, 0.2) is 18.2 Å². The molecule has 0 atom stereocenters. The minimum Gasteiger partial charge on any atom is -0.493 e. The van der Waals surface area contributed by atoms with Crippen LogP contribution < -0.4 is 14.2 Å². The molecule has 27 heavy (non-hydrogen) atoms. The average molecular weight is 373 g/mol. The van der Waals surface area contributed by atoms with Crippen LogP contribution in [-0.4, -0.2) is 45.2 Å². The van der Waals surface area contributed by atoms with Gasteiger partial charge in [-0.1, -0.05) is 6.08 Å². The van der Waals surface area contributed by atoms with Crippen molar-refractivity contribution in [2.75, 3.05) is 28.4 Å². The minimum absolute atomic E-state index is 0.264. The molecule has 0 saturated heterocycles. The van der Waals surface area contributed by atoms with Crippen molar-refractivity contribution in [1.82, 2.24) is 4.98 Å². The van der Waals surface area contributed by atoms with E-state index in [-0.39, 0.29) is 5.78 Å². The molecule has 7 nitrogen and oxygen atoms in total. The number of hydrogen-bond donors (Lipinski definition) is 1. The van der Waals surface area contributed by atoms with E-state index in [9.17, 15) is 9.59 Å². The zero-order chi connectivity index (χ0) is 20.1. The topological polar surface area (TPSA) is 86.9 Å². The molecule has 0 saturated carbocycles. The monoisotopic (exact) mass is 373 g/mol. The van der Waals surface area contributed by atoms with Gasteiger partial charge in [0.15, 0.2) is 11.5 Å².